The van der Waals surface area contributed by atoms with Crippen LogP contribution in [0.2, 0.25) is 0 Å². The van der Waals surface area contributed by atoms with E-state index in [4.69, 9.17) is 14.2 Å². The highest BCUT2D eigenvalue weighted by atomic mass is 16.5. The van der Waals surface area contributed by atoms with Gasteiger partial charge < -0.3 is 29.3 Å². The fraction of sp³-hybridized carbons (Fsp3) is 0.632. The molecule has 0 amide bonds. The van der Waals surface area contributed by atoms with Crippen molar-refractivity contribution in [3.05, 3.63) is 24.3 Å². The van der Waals surface area contributed by atoms with Crippen molar-refractivity contribution in [2.45, 2.75) is 6.42 Å². The lowest BCUT2D eigenvalue weighted by atomic mass is 10.2. The zero-order valence-electron chi connectivity index (χ0n) is 16.2. The molecule has 0 radical (unpaired) electrons. The van der Waals surface area contributed by atoms with Crippen LogP contribution in [0, 0.1) is 0 Å². The van der Waals surface area contributed by atoms with Gasteiger partial charge in [0.2, 0.25) is 0 Å². The summed E-state index contributed by atoms with van der Waals surface area (Å²) in [7, 11) is 5.23. The predicted octanol–water partition coefficient (Wildman–Crippen LogP) is 1.45. The number of piperazine rings is 1. The van der Waals surface area contributed by atoms with Crippen LogP contribution in [-0.4, -0.2) is 84.7 Å². The van der Waals surface area contributed by atoms with E-state index >= 15 is 0 Å². The van der Waals surface area contributed by atoms with Crippen molar-refractivity contribution in [2.24, 2.45) is 4.99 Å². The van der Waals surface area contributed by atoms with Crippen molar-refractivity contribution in [3.8, 4) is 5.75 Å². The minimum absolute atomic E-state index is 0.645. The Hall–Kier alpha value is -1.99. The summed E-state index contributed by atoms with van der Waals surface area (Å²) in [5, 5.41) is 3.43. The maximum absolute atomic E-state index is 5.48. The Morgan fingerprint density at radius 3 is 2.62 bits per heavy atom. The average molecular weight is 364 g/mol. The molecule has 7 heteroatoms. The molecule has 0 unspecified atom stereocenters. The van der Waals surface area contributed by atoms with E-state index < -0.39 is 0 Å². The largest absolute Gasteiger partial charge is 0.497 e. The zero-order chi connectivity index (χ0) is 18.6. The van der Waals surface area contributed by atoms with Gasteiger partial charge in [-0.3, -0.25) is 4.99 Å². The molecule has 26 heavy (non-hydrogen) atoms. The molecule has 1 aliphatic rings. The summed E-state index contributed by atoms with van der Waals surface area (Å²) in [6, 6.07) is 8.24. The predicted molar refractivity (Wildman–Crippen MR) is 105 cm³/mol. The van der Waals surface area contributed by atoms with E-state index in [9.17, 15) is 0 Å². The van der Waals surface area contributed by atoms with Crippen molar-refractivity contribution >= 4 is 11.6 Å². The highest BCUT2D eigenvalue weighted by molar-refractivity contribution is 5.80. The molecule has 1 heterocycles. The summed E-state index contributed by atoms with van der Waals surface area (Å²) < 4.78 is 15.8. The first-order valence-corrected chi connectivity index (χ1v) is 9.19. The number of guanidine groups is 1. The van der Waals surface area contributed by atoms with Crippen LogP contribution in [0.25, 0.3) is 0 Å². The lowest BCUT2D eigenvalue weighted by Crippen LogP contribution is -2.52. The molecule has 1 aromatic carbocycles. The van der Waals surface area contributed by atoms with Crippen molar-refractivity contribution in [1.29, 1.82) is 0 Å². The van der Waals surface area contributed by atoms with Crippen LogP contribution in [0.1, 0.15) is 6.42 Å². The molecular formula is C19H32N4O3. The first-order valence-electron chi connectivity index (χ1n) is 9.19. The van der Waals surface area contributed by atoms with E-state index in [0.717, 1.165) is 57.5 Å². The van der Waals surface area contributed by atoms with Gasteiger partial charge in [-0.05, 0) is 18.6 Å². The van der Waals surface area contributed by atoms with Crippen LogP contribution >= 0.6 is 0 Å². The number of rotatable bonds is 9. The minimum atomic E-state index is 0.645. The Labute approximate surface area is 156 Å². The molecule has 0 saturated carbocycles. The quantitative estimate of drug-likeness (QED) is 0.407. The molecule has 2 rings (SSSR count). The first kappa shape index (κ1) is 20.3. The molecule has 1 aliphatic heterocycles. The van der Waals surface area contributed by atoms with Gasteiger partial charge in [0, 0.05) is 65.2 Å². The van der Waals surface area contributed by atoms with E-state index in [1.165, 1.54) is 5.69 Å². The van der Waals surface area contributed by atoms with Crippen LogP contribution < -0.4 is 15.0 Å². The normalized spacial score (nSPS) is 15.3. The van der Waals surface area contributed by atoms with Crippen LogP contribution in [0.5, 0.6) is 5.75 Å². The number of ether oxygens (including phenoxy) is 3. The van der Waals surface area contributed by atoms with Gasteiger partial charge in [0.25, 0.3) is 0 Å². The summed E-state index contributed by atoms with van der Waals surface area (Å²) in [6.07, 6.45) is 0.951. The van der Waals surface area contributed by atoms with Crippen LogP contribution in [-0.2, 0) is 9.47 Å². The lowest BCUT2D eigenvalue weighted by molar-refractivity contribution is 0.0698. The van der Waals surface area contributed by atoms with Crippen molar-refractivity contribution in [2.75, 3.05) is 78.7 Å². The molecule has 0 bridgehead atoms. The molecule has 146 valence electrons. The van der Waals surface area contributed by atoms with Gasteiger partial charge >= 0.3 is 0 Å². The lowest BCUT2D eigenvalue weighted by Gasteiger charge is -2.37. The minimum Gasteiger partial charge on any atom is -0.497 e. The van der Waals surface area contributed by atoms with Crippen LogP contribution in [0.15, 0.2) is 29.3 Å². The van der Waals surface area contributed by atoms with E-state index in [2.05, 4.69) is 32.2 Å². The maximum atomic E-state index is 5.48. The van der Waals surface area contributed by atoms with E-state index in [1.54, 1.807) is 14.2 Å². The van der Waals surface area contributed by atoms with Gasteiger partial charge in [-0.1, -0.05) is 6.07 Å². The molecule has 1 fully saturated rings. The third kappa shape index (κ3) is 6.38. The van der Waals surface area contributed by atoms with E-state index in [1.807, 2.05) is 19.2 Å². The first-order chi connectivity index (χ1) is 12.8. The number of nitrogens with one attached hydrogen (secondary N) is 1. The highest BCUT2D eigenvalue weighted by Crippen LogP contribution is 2.22. The average Bonchev–Trinajstić information content (AvgIpc) is 2.70. The van der Waals surface area contributed by atoms with Gasteiger partial charge in [0.05, 0.1) is 20.3 Å². The second-order valence-electron chi connectivity index (χ2n) is 6.11. The molecule has 1 saturated heterocycles. The molecule has 1 N–H and O–H groups in total. The zero-order valence-corrected chi connectivity index (χ0v) is 16.2. The standard InChI is InChI=1S/C19H32N4O3/c1-20-19(21-8-5-13-26-15-14-24-2)23-11-9-22(10-12-23)17-6-4-7-18(16-17)25-3/h4,6-7,16H,5,8-15H2,1-3H3,(H,20,21). The molecule has 0 aromatic heterocycles. The molecule has 1 aromatic rings. The smallest absolute Gasteiger partial charge is 0.193 e. The number of anilines is 1. The van der Waals surface area contributed by atoms with E-state index in [-0.39, 0.29) is 0 Å². The monoisotopic (exact) mass is 364 g/mol. The Balaban J connectivity index is 1.71. The molecular weight excluding hydrogens is 332 g/mol. The second-order valence-corrected chi connectivity index (χ2v) is 6.11. The van der Waals surface area contributed by atoms with Gasteiger partial charge in [0.15, 0.2) is 5.96 Å². The number of hydrogen-bond donors (Lipinski definition) is 1. The fourth-order valence-corrected chi connectivity index (χ4v) is 2.93. The maximum Gasteiger partial charge on any atom is 0.193 e. The Morgan fingerprint density at radius 1 is 1.12 bits per heavy atom. The third-order valence-electron chi connectivity index (χ3n) is 4.39. The van der Waals surface area contributed by atoms with Gasteiger partial charge in [-0.15, -0.1) is 0 Å². The van der Waals surface area contributed by atoms with Crippen LogP contribution in [0.4, 0.5) is 5.69 Å². The third-order valence-corrected chi connectivity index (χ3v) is 4.39. The molecule has 7 nitrogen and oxygen atoms in total. The van der Waals surface area contributed by atoms with Gasteiger partial charge in [-0.2, -0.15) is 0 Å². The summed E-state index contributed by atoms with van der Waals surface area (Å²) in [6.45, 7) is 6.71. The molecule has 0 spiro atoms. The van der Waals surface area contributed by atoms with Gasteiger partial charge in [0.1, 0.15) is 5.75 Å². The van der Waals surface area contributed by atoms with Crippen molar-refractivity contribution in [1.82, 2.24) is 10.2 Å². The topological polar surface area (TPSA) is 58.6 Å². The fourth-order valence-electron chi connectivity index (χ4n) is 2.93. The summed E-state index contributed by atoms with van der Waals surface area (Å²) in [4.78, 5) is 9.11. The number of nitrogens with zero attached hydrogens (tertiary/aromatic N) is 3. The Kier molecular flexibility index (Phi) is 9.06. The Morgan fingerprint density at radius 2 is 1.92 bits per heavy atom. The summed E-state index contributed by atoms with van der Waals surface area (Å²) in [5.74, 6) is 1.86. The Bertz CT molecular complexity index is 545. The van der Waals surface area contributed by atoms with Crippen LogP contribution in [0.3, 0.4) is 0 Å². The summed E-state index contributed by atoms with van der Waals surface area (Å²) >= 11 is 0. The highest BCUT2D eigenvalue weighted by Gasteiger charge is 2.19. The number of aliphatic imine (C=N–C) groups is 1. The number of methoxy groups -OCH3 is 2. The molecule has 0 atom stereocenters. The number of benzene rings is 1. The van der Waals surface area contributed by atoms with Gasteiger partial charge in [-0.25, -0.2) is 0 Å². The van der Waals surface area contributed by atoms with E-state index in [0.29, 0.717) is 13.2 Å². The van der Waals surface area contributed by atoms with Crippen molar-refractivity contribution < 1.29 is 14.2 Å². The SMILES string of the molecule is CN=C(NCCCOCCOC)N1CCN(c2cccc(OC)c2)CC1. The second kappa shape index (κ2) is 11.6. The molecule has 0 aliphatic carbocycles. The van der Waals surface area contributed by atoms with Crippen molar-refractivity contribution in [3.63, 3.8) is 0 Å². The summed E-state index contributed by atoms with van der Waals surface area (Å²) in [5.41, 5.74) is 1.21. The number of hydrogen-bond acceptors (Lipinski definition) is 5.